The summed E-state index contributed by atoms with van der Waals surface area (Å²) in [6.07, 6.45) is -1.96. The third-order valence-corrected chi connectivity index (χ3v) is 4.46. The molecule has 0 radical (unpaired) electrons. The maximum absolute atomic E-state index is 13.3. The number of halogens is 3. The summed E-state index contributed by atoms with van der Waals surface area (Å²) in [6.45, 7) is 4.93. The molecule has 0 amide bonds. The summed E-state index contributed by atoms with van der Waals surface area (Å²) in [7, 11) is 0. The number of nitrogens with zero attached hydrogens (tertiary/aromatic N) is 1. The van der Waals surface area contributed by atoms with Crippen LogP contribution in [-0.4, -0.2) is 10.4 Å². The number of carbonyl (C=O) groups excluding carboxylic acids is 1. The predicted molar refractivity (Wildman–Crippen MR) is 96.3 cm³/mol. The van der Waals surface area contributed by atoms with Crippen LogP contribution in [0.1, 0.15) is 41.8 Å². The molecule has 5 heteroatoms. The number of ketones is 1. The molecule has 2 aromatic carbocycles. The van der Waals surface area contributed by atoms with E-state index in [9.17, 15) is 18.0 Å². The molecule has 0 aliphatic rings. The van der Waals surface area contributed by atoms with Crippen molar-refractivity contribution in [1.29, 1.82) is 0 Å². The second kappa shape index (κ2) is 6.98. The summed E-state index contributed by atoms with van der Waals surface area (Å²) in [5, 5.41) is 0.679. The van der Waals surface area contributed by atoms with Gasteiger partial charge in [-0.1, -0.05) is 50.2 Å². The third kappa shape index (κ3) is 3.52. The molecule has 136 valence electrons. The number of aromatic nitrogens is 1. The summed E-state index contributed by atoms with van der Waals surface area (Å²) in [5.74, 6) is -0.112. The van der Waals surface area contributed by atoms with Crippen molar-refractivity contribution in [2.45, 2.75) is 33.0 Å². The Hall–Kier alpha value is -2.56. The van der Waals surface area contributed by atoms with Gasteiger partial charge in [-0.25, -0.2) is 0 Å². The number of rotatable bonds is 5. The number of benzene rings is 2. The fourth-order valence-electron chi connectivity index (χ4n) is 3.08. The molecule has 0 aliphatic carbocycles. The quantitative estimate of drug-likeness (QED) is 0.517. The highest BCUT2D eigenvalue weighted by Gasteiger charge is 2.35. The number of alkyl halides is 3. The summed E-state index contributed by atoms with van der Waals surface area (Å²) in [5.41, 5.74) is -0.0437. The summed E-state index contributed by atoms with van der Waals surface area (Å²) >= 11 is 0. The zero-order chi connectivity index (χ0) is 18.9. The lowest BCUT2D eigenvalue weighted by atomic mass is 9.98. The van der Waals surface area contributed by atoms with Crippen molar-refractivity contribution in [2.75, 3.05) is 0 Å². The molecule has 0 fully saturated rings. The van der Waals surface area contributed by atoms with Crippen LogP contribution in [0, 0.1) is 5.92 Å². The van der Waals surface area contributed by atoms with Crippen LogP contribution in [0.2, 0.25) is 0 Å². The van der Waals surface area contributed by atoms with Crippen molar-refractivity contribution >= 4 is 16.7 Å². The first-order valence-electron chi connectivity index (χ1n) is 8.58. The van der Waals surface area contributed by atoms with E-state index >= 15 is 0 Å². The van der Waals surface area contributed by atoms with E-state index in [0.29, 0.717) is 23.4 Å². The Morgan fingerprint density at radius 2 is 1.65 bits per heavy atom. The lowest BCUT2D eigenvalue weighted by molar-refractivity contribution is -0.137. The second-order valence-corrected chi connectivity index (χ2v) is 6.81. The van der Waals surface area contributed by atoms with Crippen LogP contribution >= 0.6 is 0 Å². The van der Waals surface area contributed by atoms with Crippen molar-refractivity contribution in [3.05, 3.63) is 71.4 Å². The minimum absolute atomic E-state index is 0.307. The minimum atomic E-state index is -4.57. The maximum Gasteiger partial charge on any atom is 0.417 e. The topological polar surface area (TPSA) is 22.0 Å². The Bertz CT molecular complexity index is 938. The lowest BCUT2D eigenvalue weighted by Crippen LogP contribution is -2.13. The first kappa shape index (κ1) is 18.2. The molecule has 0 N–H and O–H groups in total. The SMILES string of the molecule is CC(C)CCn1cc(C(=O)c2ccccc2C(F)(F)F)c2ccccc21. The molecule has 26 heavy (non-hydrogen) atoms. The molecule has 1 aromatic heterocycles. The van der Waals surface area contributed by atoms with E-state index in [4.69, 9.17) is 0 Å². The smallest absolute Gasteiger partial charge is 0.347 e. The van der Waals surface area contributed by atoms with Crippen LogP contribution in [0.3, 0.4) is 0 Å². The molecule has 1 heterocycles. The first-order valence-corrected chi connectivity index (χ1v) is 8.58. The van der Waals surface area contributed by atoms with E-state index in [2.05, 4.69) is 13.8 Å². The van der Waals surface area contributed by atoms with Crippen LogP contribution in [0.5, 0.6) is 0 Å². The average Bonchev–Trinajstić information content (AvgIpc) is 2.97. The van der Waals surface area contributed by atoms with Gasteiger partial charge in [0.25, 0.3) is 0 Å². The Morgan fingerprint density at radius 3 is 2.35 bits per heavy atom. The number of carbonyl (C=O) groups is 1. The van der Waals surface area contributed by atoms with E-state index in [-0.39, 0.29) is 5.56 Å². The molecule has 0 spiro atoms. The normalized spacial score (nSPS) is 12.1. The molecule has 0 saturated heterocycles. The van der Waals surface area contributed by atoms with Gasteiger partial charge in [0.1, 0.15) is 0 Å². The maximum atomic E-state index is 13.3. The van der Waals surface area contributed by atoms with Gasteiger partial charge in [0.05, 0.1) is 5.56 Å². The number of para-hydroxylation sites is 1. The highest BCUT2D eigenvalue weighted by atomic mass is 19.4. The van der Waals surface area contributed by atoms with Crippen LogP contribution in [0.25, 0.3) is 10.9 Å². The molecule has 0 atom stereocenters. The van der Waals surface area contributed by atoms with Crippen molar-refractivity contribution in [3.8, 4) is 0 Å². The molecular formula is C21H20F3NO. The van der Waals surface area contributed by atoms with Gasteiger partial charge >= 0.3 is 6.18 Å². The van der Waals surface area contributed by atoms with Gasteiger partial charge in [0.2, 0.25) is 0 Å². The second-order valence-electron chi connectivity index (χ2n) is 6.81. The van der Waals surface area contributed by atoms with Gasteiger partial charge in [-0.15, -0.1) is 0 Å². The molecule has 0 bridgehead atoms. The van der Waals surface area contributed by atoms with E-state index in [1.165, 1.54) is 18.2 Å². The van der Waals surface area contributed by atoms with E-state index in [1.807, 2.05) is 16.7 Å². The number of hydrogen-bond donors (Lipinski definition) is 0. The molecule has 0 aliphatic heterocycles. The highest BCUT2D eigenvalue weighted by molar-refractivity contribution is 6.17. The molecule has 0 unspecified atom stereocenters. The van der Waals surface area contributed by atoms with Gasteiger partial charge in [-0.2, -0.15) is 13.2 Å². The number of aryl methyl sites for hydroxylation is 1. The van der Waals surface area contributed by atoms with Gasteiger partial charge in [-0.05, 0) is 24.5 Å². The number of fused-ring (bicyclic) bond motifs is 1. The van der Waals surface area contributed by atoms with E-state index in [1.54, 1.807) is 18.3 Å². The average molecular weight is 359 g/mol. The molecule has 0 saturated carbocycles. The van der Waals surface area contributed by atoms with Gasteiger partial charge < -0.3 is 4.57 Å². The predicted octanol–water partition coefficient (Wildman–Crippen LogP) is 5.94. The summed E-state index contributed by atoms with van der Waals surface area (Å²) in [4.78, 5) is 13.0. The van der Waals surface area contributed by atoms with Gasteiger partial charge in [0.15, 0.2) is 5.78 Å². The van der Waals surface area contributed by atoms with E-state index in [0.717, 1.165) is 18.0 Å². The van der Waals surface area contributed by atoms with Crippen LogP contribution in [-0.2, 0) is 12.7 Å². The third-order valence-electron chi connectivity index (χ3n) is 4.46. The van der Waals surface area contributed by atoms with Crippen LogP contribution < -0.4 is 0 Å². The Labute approximate surface area is 150 Å². The van der Waals surface area contributed by atoms with Crippen molar-refractivity contribution in [2.24, 2.45) is 5.92 Å². The van der Waals surface area contributed by atoms with Crippen molar-refractivity contribution in [3.63, 3.8) is 0 Å². The summed E-state index contributed by atoms with van der Waals surface area (Å²) < 4.78 is 41.8. The van der Waals surface area contributed by atoms with Gasteiger partial charge in [0, 0.05) is 34.8 Å². The lowest BCUT2D eigenvalue weighted by Gasteiger charge is -2.11. The first-order chi connectivity index (χ1) is 12.3. The highest BCUT2D eigenvalue weighted by Crippen LogP contribution is 2.34. The Kier molecular flexibility index (Phi) is 4.90. The monoisotopic (exact) mass is 359 g/mol. The fourth-order valence-corrected chi connectivity index (χ4v) is 3.08. The minimum Gasteiger partial charge on any atom is -0.347 e. The van der Waals surface area contributed by atoms with Crippen LogP contribution in [0.4, 0.5) is 13.2 Å². The number of hydrogen-bond acceptors (Lipinski definition) is 1. The molecule has 3 rings (SSSR count). The fraction of sp³-hybridized carbons (Fsp3) is 0.286. The molecule has 2 nitrogen and oxygen atoms in total. The largest absolute Gasteiger partial charge is 0.417 e. The van der Waals surface area contributed by atoms with Crippen molar-refractivity contribution < 1.29 is 18.0 Å². The standard InChI is InChI=1S/C21H20F3NO/c1-14(2)11-12-25-13-17(15-7-4-6-10-19(15)25)20(26)16-8-3-5-9-18(16)21(22,23)24/h3-10,13-14H,11-12H2,1-2H3. The summed E-state index contributed by atoms with van der Waals surface area (Å²) in [6, 6.07) is 12.3. The zero-order valence-electron chi connectivity index (χ0n) is 14.7. The van der Waals surface area contributed by atoms with E-state index < -0.39 is 17.5 Å². The molecule has 3 aromatic rings. The van der Waals surface area contributed by atoms with Crippen LogP contribution in [0.15, 0.2) is 54.7 Å². The molecular weight excluding hydrogens is 339 g/mol. The Balaban J connectivity index is 2.10. The zero-order valence-corrected chi connectivity index (χ0v) is 14.7. The Morgan fingerprint density at radius 1 is 1.00 bits per heavy atom. The van der Waals surface area contributed by atoms with Gasteiger partial charge in [-0.3, -0.25) is 4.79 Å². The van der Waals surface area contributed by atoms with Crippen molar-refractivity contribution in [1.82, 2.24) is 4.57 Å².